The molecule has 22 heavy (non-hydrogen) atoms. The van der Waals surface area contributed by atoms with Crippen LogP contribution >= 0.6 is 11.6 Å². The second-order valence-corrected chi connectivity index (χ2v) is 5.90. The van der Waals surface area contributed by atoms with Gasteiger partial charge in [0, 0.05) is 30.7 Å². The van der Waals surface area contributed by atoms with Crippen molar-refractivity contribution in [3.63, 3.8) is 0 Å². The highest BCUT2D eigenvalue weighted by molar-refractivity contribution is 6.30. The normalized spacial score (nSPS) is 14.6. The minimum Gasteiger partial charge on any atom is -0.434 e. The molecule has 0 saturated heterocycles. The third-order valence-corrected chi connectivity index (χ3v) is 4.01. The van der Waals surface area contributed by atoms with Gasteiger partial charge in [-0.15, -0.1) is 0 Å². The van der Waals surface area contributed by atoms with Crippen molar-refractivity contribution < 1.29 is 18.3 Å². The lowest BCUT2D eigenvalue weighted by Crippen LogP contribution is -2.40. The van der Waals surface area contributed by atoms with Crippen molar-refractivity contribution in [1.29, 1.82) is 0 Å². The predicted octanol–water partition coefficient (Wildman–Crippen LogP) is 3.88. The number of benzene rings is 1. The Morgan fingerprint density at radius 1 is 1.50 bits per heavy atom. The van der Waals surface area contributed by atoms with Crippen LogP contribution in [-0.2, 0) is 6.54 Å². The SMILES string of the molecule is CN(CC1CCC1)C(=O)NCc1cc(Cl)ccc1OC(F)F. The van der Waals surface area contributed by atoms with Crippen molar-refractivity contribution >= 4 is 17.6 Å². The van der Waals surface area contributed by atoms with Gasteiger partial charge in [-0.05, 0) is 37.0 Å². The minimum absolute atomic E-state index is 0.0151. The molecule has 2 amide bonds. The molecule has 0 heterocycles. The summed E-state index contributed by atoms with van der Waals surface area (Å²) in [4.78, 5) is 13.6. The topological polar surface area (TPSA) is 41.6 Å². The van der Waals surface area contributed by atoms with E-state index in [1.54, 1.807) is 11.9 Å². The van der Waals surface area contributed by atoms with Crippen molar-refractivity contribution in [3.05, 3.63) is 28.8 Å². The van der Waals surface area contributed by atoms with E-state index in [9.17, 15) is 13.6 Å². The molecule has 1 aromatic rings. The van der Waals surface area contributed by atoms with E-state index < -0.39 is 6.61 Å². The largest absolute Gasteiger partial charge is 0.434 e. The molecule has 1 aliphatic rings. The number of urea groups is 1. The first-order valence-corrected chi connectivity index (χ1v) is 7.55. The number of hydrogen-bond acceptors (Lipinski definition) is 2. The third-order valence-electron chi connectivity index (χ3n) is 3.77. The van der Waals surface area contributed by atoms with E-state index in [-0.39, 0.29) is 18.3 Å². The number of nitrogens with one attached hydrogen (secondary N) is 1. The third kappa shape index (κ3) is 4.73. The van der Waals surface area contributed by atoms with Crippen molar-refractivity contribution in [2.24, 2.45) is 5.92 Å². The summed E-state index contributed by atoms with van der Waals surface area (Å²) in [5.41, 5.74) is 0.415. The molecule has 7 heteroatoms. The quantitative estimate of drug-likeness (QED) is 0.859. The molecule has 1 N–H and O–H groups in total. The van der Waals surface area contributed by atoms with E-state index in [0.717, 1.165) is 12.8 Å². The lowest BCUT2D eigenvalue weighted by Gasteiger charge is -2.30. The molecule has 0 bridgehead atoms. The minimum atomic E-state index is -2.92. The highest BCUT2D eigenvalue weighted by atomic mass is 35.5. The number of ether oxygens (including phenoxy) is 1. The van der Waals surface area contributed by atoms with Crippen LogP contribution in [0.1, 0.15) is 24.8 Å². The molecule has 1 fully saturated rings. The number of alkyl halides is 2. The zero-order valence-corrected chi connectivity index (χ0v) is 13.1. The van der Waals surface area contributed by atoms with Gasteiger partial charge in [0.15, 0.2) is 0 Å². The van der Waals surface area contributed by atoms with E-state index in [1.165, 1.54) is 24.6 Å². The van der Waals surface area contributed by atoms with Crippen LogP contribution in [0.15, 0.2) is 18.2 Å². The van der Waals surface area contributed by atoms with Gasteiger partial charge >= 0.3 is 12.6 Å². The van der Waals surface area contributed by atoms with Crippen molar-refractivity contribution in [1.82, 2.24) is 10.2 Å². The molecule has 0 atom stereocenters. The summed E-state index contributed by atoms with van der Waals surface area (Å²) in [6.45, 7) is -2.13. The number of carbonyl (C=O) groups excluding carboxylic acids is 1. The lowest BCUT2D eigenvalue weighted by molar-refractivity contribution is -0.0504. The van der Waals surface area contributed by atoms with Crippen LogP contribution in [0.4, 0.5) is 13.6 Å². The van der Waals surface area contributed by atoms with Crippen LogP contribution in [0.3, 0.4) is 0 Å². The molecular formula is C15H19ClF2N2O2. The first kappa shape index (κ1) is 16.8. The number of nitrogens with zero attached hydrogens (tertiary/aromatic N) is 1. The Hall–Kier alpha value is -1.56. The summed E-state index contributed by atoms with van der Waals surface area (Å²) >= 11 is 5.86. The van der Waals surface area contributed by atoms with Gasteiger partial charge in [0.1, 0.15) is 5.75 Å². The van der Waals surface area contributed by atoms with E-state index >= 15 is 0 Å². The van der Waals surface area contributed by atoms with E-state index in [2.05, 4.69) is 10.1 Å². The highest BCUT2D eigenvalue weighted by Gasteiger charge is 2.21. The Morgan fingerprint density at radius 3 is 2.82 bits per heavy atom. The fourth-order valence-corrected chi connectivity index (χ4v) is 2.54. The molecule has 2 rings (SSSR count). The molecule has 0 aliphatic heterocycles. The number of rotatable bonds is 6. The average Bonchev–Trinajstić information content (AvgIpc) is 2.42. The van der Waals surface area contributed by atoms with Gasteiger partial charge in [-0.3, -0.25) is 0 Å². The maximum Gasteiger partial charge on any atom is 0.387 e. The van der Waals surface area contributed by atoms with Crippen LogP contribution in [0, 0.1) is 5.92 Å². The zero-order valence-electron chi connectivity index (χ0n) is 12.3. The van der Waals surface area contributed by atoms with Gasteiger partial charge in [0.05, 0.1) is 0 Å². The molecule has 0 aromatic heterocycles. The lowest BCUT2D eigenvalue weighted by atomic mass is 9.85. The summed E-state index contributed by atoms with van der Waals surface area (Å²) < 4.78 is 29.2. The summed E-state index contributed by atoms with van der Waals surface area (Å²) in [6, 6.07) is 4.10. The second-order valence-electron chi connectivity index (χ2n) is 5.47. The van der Waals surface area contributed by atoms with Gasteiger partial charge in [0.2, 0.25) is 0 Å². The highest BCUT2D eigenvalue weighted by Crippen LogP contribution is 2.27. The molecule has 1 aromatic carbocycles. The molecule has 1 saturated carbocycles. The van der Waals surface area contributed by atoms with Gasteiger partial charge in [-0.2, -0.15) is 8.78 Å². The van der Waals surface area contributed by atoms with Gasteiger partial charge in [-0.1, -0.05) is 18.0 Å². The summed E-state index contributed by atoms with van der Waals surface area (Å²) in [7, 11) is 1.72. The Labute approximate surface area is 133 Å². The van der Waals surface area contributed by atoms with Gasteiger partial charge in [0.25, 0.3) is 0 Å². The number of hydrogen-bond donors (Lipinski definition) is 1. The Bertz CT molecular complexity index is 524. The van der Waals surface area contributed by atoms with E-state index in [0.29, 0.717) is 23.0 Å². The van der Waals surface area contributed by atoms with E-state index in [4.69, 9.17) is 11.6 Å². The average molecular weight is 333 g/mol. The number of carbonyl (C=O) groups is 1. The molecule has 0 spiro atoms. The monoisotopic (exact) mass is 332 g/mol. The first-order valence-electron chi connectivity index (χ1n) is 7.18. The summed E-state index contributed by atoms with van der Waals surface area (Å²) in [6.07, 6.45) is 3.52. The number of amides is 2. The molecular weight excluding hydrogens is 314 g/mol. The van der Waals surface area contributed by atoms with Crippen molar-refractivity contribution in [3.8, 4) is 5.75 Å². The summed E-state index contributed by atoms with van der Waals surface area (Å²) in [5.74, 6) is 0.584. The molecule has 122 valence electrons. The van der Waals surface area contributed by atoms with Gasteiger partial charge < -0.3 is 15.0 Å². The Balaban J connectivity index is 1.91. The summed E-state index contributed by atoms with van der Waals surface area (Å²) in [5, 5.41) is 3.09. The predicted molar refractivity (Wildman–Crippen MR) is 80.3 cm³/mol. The maximum absolute atomic E-state index is 12.4. The van der Waals surface area contributed by atoms with Crippen molar-refractivity contribution in [2.45, 2.75) is 32.4 Å². The molecule has 1 aliphatic carbocycles. The molecule has 4 nitrogen and oxygen atoms in total. The van der Waals surface area contributed by atoms with Crippen molar-refractivity contribution in [2.75, 3.05) is 13.6 Å². The van der Waals surface area contributed by atoms with Crippen LogP contribution in [-0.4, -0.2) is 31.1 Å². The second kappa shape index (κ2) is 7.63. The van der Waals surface area contributed by atoms with Crippen LogP contribution < -0.4 is 10.1 Å². The zero-order chi connectivity index (χ0) is 16.1. The van der Waals surface area contributed by atoms with E-state index in [1.807, 2.05) is 0 Å². The van der Waals surface area contributed by atoms with Crippen LogP contribution in [0.5, 0.6) is 5.75 Å². The Morgan fingerprint density at radius 2 is 2.23 bits per heavy atom. The molecule has 0 radical (unpaired) electrons. The fraction of sp³-hybridized carbons (Fsp3) is 0.533. The molecule has 0 unspecified atom stereocenters. The Kier molecular flexibility index (Phi) is 5.83. The number of halogens is 3. The maximum atomic E-state index is 12.4. The van der Waals surface area contributed by atoms with Gasteiger partial charge in [-0.25, -0.2) is 4.79 Å². The smallest absolute Gasteiger partial charge is 0.387 e. The van der Waals surface area contributed by atoms with Crippen LogP contribution in [0.25, 0.3) is 0 Å². The first-order chi connectivity index (χ1) is 10.5. The van der Waals surface area contributed by atoms with Crippen LogP contribution in [0.2, 0.25) is 5.02 Å². The fourth-order valence-electron chi connectivity index (χ4n) is 2.35. The standard InChI is InChI=1S/C15H19ClF2N2O2/c1-20(9-10-3-2-4-10)15(21)19-8-11-7-12(16)5-6-13(11)22-14(17)18/h5-7,10,14H,2-4,8-9H2,1H3,(H,19,21).